The van der Waals surface area contributed by atoms with Gasteiger partial charge in [0, 0.05) is 18.9 Å². The number of hydrogen-bond donors (Lipinski definition) is 0. The minimum atomic E-state index is -3.61. The molecular weight excluding hydrogens is 346 g/mol. The third-order valence-corrected chi connectivity index (χ3v) is 6.40. The smallest absolute Gasteiger partial charge is 0.264 e. The Bertz CT molecular complexity index is 1030. The fourth-order valence-electron chi connectivity index (χ4n) is 3.17. The lowest BCUT2D eigenvalue weighted by Gasteiger charge is -2.30. The first-order valence-corrected chi connectivity index (χ1v) is 9.99. The number of rotatable bonds is 3. The highest BCUT2D eigenvalue weighted by Gasteiger charge is 2.29. The van der Waals surface area contributed by atoms with Gasteiger partial charge in [0.1, 0.15) is 0 Å². The lowest BCUT2D eigenvalue weighted by Crippen LogP contribution is -2.35. The zero-order valence-corrected chi connectivity index (χ0v) is 15.3. The average molecular weight is 365 g/mol. The Morgan fingerprint density at radius 1 is 1.00 bits per heavy atom. The summed E-state index contributed by atoms with van der Waals surface area (Å²) >= 11 is 0. The minimum Gasteiger partial charge on any atom is -0.266 e. The second kappa shape index (κ2) is 6.53. The van der Waals surface area contributed by atoms with Gasteiger partial charge in [0.05, 0.1) is 22.0 Å². The molecule has 1 aliphatic rings. The summed E-state index contributed by atoms with van der Waals surface area (Å²) in [7, 11) is -3.61. The third-order valence-electron chi connectivity index (χ3n) is 4.57. The van der Waals surface area contributed by atoms with E-state index in [2.05, 4.69) is 9.97 Å². The summed E-state index contributed by atoms with van der Waals surface area (Å²) < 4.78 is 27.9. The molecule has 2 aromatic heterocycles. The predicted octanol–water partition coefficient (Wildman–Crippen LogP) is 3.59. The summed E-state index contributed by atoms with van der Waals surface area (Å²) in [6.45, 7) is 2.41. The van der Waals surface area contributed by atoms with Crippen LogP contribution in [0.15, 0.2) is 65.8 Å². The molecule has 0 saturated heterocycles. The van der Waals surface area contributed by atoms with E-state index in [1.165, 1.54) is 4.31 Å². The molecule has 6 heteroatoms. The standard InChI is InChI=1S/C20H19N3O2S/c1-15-7-9-17(10-8-15)26(24,25)23-12-4-5-16-14-22-19(13-20(16)23)18-6-2-3-11-21-18/h2-3,6-11,13-14H,4-5,12H2,1H3. The van der Waals surface area contributed by atoms with Crippen LogP contribution in [0.4, 0.5) is 5.69 Å². The van der Waals surface area contributed by atoms with E-state index in [1.54, 1.807) is 24.5 Å². The first-order chi connectivity index (χ1) is 12.6. The monoisotopic (exact) mass is 365 g/mol. The highest BCUT2D eigenvalue weighted by molar-refractivity contribution is 7.92. The highest BCUT2D eigenvalue weighted by atomic mass is 32.2. The Labute approximate surface area is 153 Å². The Morgan fingerprint density at radius 3 is 2.54 bits per heavy atom. The topological polar surface area (TPSA) is 63.2 Å². The summed E-state index contributed by atoms with van der Waals surface area (Å²) in [5.41, 5.74) is 4.09. The molecule has 0 N–H and O–H groups in total. The van der Waals surface area contributed by atoms with Gasteiger partial charge < -0.3 is 0 Å². The summed E-state index contributed by atoms with van der Waals surface area (Å²) in [6, 6.07) is 14.4. The molecular formula is C20H19N3O2S. The fraction of sp³-hybridized carbons (Fsp3) is 0.200. The molecule has 5 nitrogen and oxygen atoms in total. The fourth-order valence-corrected chi connectivity index (χ4v) is 4.71. The van der Waals surface area contributed by atoms with Crippen LogP contribution in [0.5, 0.6) is 0 Å². The van der Waals surface area contributed by atoms with Gasteiger partial charge in [-0.1, -0.05) is 23.8 Å². The number of pyridine rings is 2. The van der Waals surface area contributed by atoms with Crippen molar-refractivity contribution in [1.82, 2.24) is 9.97 Å². The van der Waals surface area contributed by atoms with Gasteiger partial charge in [-0.25, -0.2) is 8.42 Å². The Balaban J connectivity index is 1.80. The van der Waals surface area contributed by atoms with Gasteiger partial charge in [0.2, 0.25) is 0 Å². The Morgan fingerprint density at radius 2 is 1.81 bits per heavy atom. The molecule has 0 fully saturated rings. The summed E-state index contributed by atoms with van der Waals surface area (Å²) in [5.74, 6) is 0. The third kappa shape index (κ3) is 2.97. The van der Waals surface area contributed by atoms with Crippen molar-refractivity contribution in [2.45, 2.75) is 24.7 Å². The maximum atomic E-state index is 13.2. The van der Waals surface area contributed by atoms with Crippen molar-refractivity contribution in [3.63, 3.8) is 0 Å². The number of sulfonamides is 1. The molecule has 0 amide bonds. The molecule has 132 valence electrons. The molecule has 0 spiro atoms. The summed E-state index contributed by atoms with van der Waals surface area (Å²) in [6.07, 6.45) is 5.08. The van der Waals surface area contributed by atoms with Gasteiger partial charge in [-0.05, 0) is 55.7 Å². The molecule has 1 aliphatic heterocycles. The highest BCUT2D eigenvalue weighted by Crippen LogP contribution is 2.33. The van der Waals surface area contributed by atoms with Crippen molar-refractivity contribution < 1.29 is 8.42 Å². The maximum absolute atomic E-state index is 13.2. The van der Waals surface area contributed by atoms with Crippen LogP contribution in [0, 0.1) is 6.92 Å². The summed E-state index contributed by atoms with van der Waals surface area (Å²) in [5, 5.41) is 0. The van der Waals surface area contributed by atoms with Crippen molar-refractivity contribution in [1.29, 1.82) is 0 Å². The van der Waals surface area contributed by atoms with Crippen LogP contribution in [-0.4, -0.2) is 24.9 Å². The molecule has 0 saturated carbocycles. The number of fused-ring (bicyclic) bond motifs is 1. The van der Waals surface area contributed by atoms with Crippen molar-refractivity contribution in [3.05, 3.63) is 72.1 Å². The SMILES string of the molecule is Cc1ccc(S(=O)(=O)N2CCCc3cnc(-c4ccccn4)cc32)cc1. The molecule has 26 heavy (non-hydrogen) atoms. The summed E-state index contributed by atoms with van der Waals surface area (Å²) in [4.78, 5) is 9.11. The van der Waals surface area contributed by atoms with E-state index in [9.17, 15) is 8.42 Å². The van der Waals surface area contributed by atoms with Gasteiger partial charge in [0.15, 0.2) is 0 Å². The van der Waals surface area contributed by atoms with Crippen LogP contribution in [0.2, 0.25) is 0 Å². The molecule has 0 aliphatic carbocycles. The lowest BCUT2D eigenvalue weighted by atomic mass is 10.0. The Hall–Kier alpha value is -2.73. The van der Waals surface area contributed by atoms with E-state index in [1.807, 2.05) is 43.3 Å². The van der Waals surface area contributed by atoms with Crippen LogP contribution < -0.4 is 4.31 Å². The van der Waals surface area contributed by atoms with Crippen LogP contribution in [0.25, 0.3) is 11.4 Å². The molecule has 0 bridgehead atoms. The minimum absolute atomic E-state index is 0.312. The Kier molecular flexibility index (Phi) is 4.20. The number of benzene rings is 1. The lowest BCUT2D eigenvalue weighted by molar-refractivity contribution is 0.586. The maximum Gasteiger partial charge on any atom is 0.264 e. The average Bonchev–Trinajstić information content (AvgIpc) is 2.68. The number of nitrogens with zero attached hydrogens (tertiary/aromatic N) is 3. The largest absolute Gasteiger partial charge is 0.266 e. The van der Waals surface area contributed by atoms with Crippen LogP contribution in [-0.2, 0) is 16.4 Å². The van der Waals surface area contributed by atoms with Gasteiger partial charge in [-0.2, -0.15) is 0 Å². The van der Waals surface area contributed by atoms with Gasteiger partial charge >= 0.3 is 0 Å². The predicted molar refractivity (Wildman–Crippen MR) is 101 cm³/mol. The molecule has 0 radical (unpaired) electrons. The molecule has 1 aromatic carbocycles. The zero-order chi connectivity index (χ0) is 18.1. The van der Waals surface area contributed by atoms with Crippen LogP contribution in [0.1, 0.15) is 17.5 Å². The number of aryl methyl sites for hydroxylation is 2. The van der Waals surface area contributed by atoms with Gasteiger partial charge in [0.25, 0.3) is 10.0 Å². The van der Waals surface area contributed by atoms with Gasteiger partial charge in [-0.3, -0.25) is 14.3 Å². The second-order valence-corrected chi connectivity index (χ2v) is 8.27. The van der Waals surface area contributed by atoms with Crippen molar-refractivity contribution in [3.8, 4) is 11.4 Å². The quantitative estimate of drug-likeness (QED) is 0.711. The van der Waals surface area contributed by atoms with Crippen molar-refractivity contribution >= 4 is 15.7 Å². The first-order valence-electron chi connectivity index (χ1n) is 8.55. The van der Waals surface area contributed by atoms with Crippen molar-refractivity contribution in [2.75, 3.05) is 10.8 Å². The van der Waals surface area contributed by atoms with E-state index < -0.39 is 10.0 Å². The number of aromatic nitrogens is 2. The first kappa shape index (κ1) is 16.7. The normalized spacial score (nSPS) is 14.1. The van der Waals surface area contributed by atoms with E-state index in [0.717, 1.165) is 29.7 Å². The van der Waals surface area contributed by atoms with E-state index in [0.29, 0.717) is 22.8 Å². The molecule has 3 aromatic rings. The van der Waals surface area contributed by atoms with Crippen LogP contribution >= 0.6 is 0 Å². The van der Waals surface area contributed by atoms with E-state index in [-0.39, 0.29) is 0 Å². The molecule has 4 rings (SSSR count). The van der Waals surface area contributed by atoms with E-state index >= 15 is 0 Å². The molecule has 0 atom stereocenters. The van der Waals surface area contributed by atoms with Crippen LogP contribution in [0.3, 0.4) is 0 Å². The van der Waals surface area contributed by atoms with Gasteiger partial charge in [-0.15, -0.1) is 0 Å². The van der Waals surface area contributed by atoms with Crippen molar-refractivity contribution in [2.24, 2.45) is 0 Å². The van der Waals surface area contributed by atoms with E-state index in [4.69, 9.17) is 0 Å². The number of anilines is 1. The molecule has 3 heterocycles. The zero-order valence-electron chi connectivity index (χ0n) is 14.5. The molecule has 0 unspecified atom stereocenters. The second-order valence-electron chi connectivity index (χ2n) is 6.41. The number of hydrogen-bond acceptors (Lipinski definition) is 4.